The Morgan fingerprint density at radius 2 is 1.41 bits per heavy atom. The monoisotopic (exact) mass is 281 g/mol. The van der Waals surface area contributed by atoms with Gasteiger partial charge in [0.2, 0.25) is 0 Å². The maximum absolute atomic E-state index is 6.15. The molecule has 22 heavy (non-hydrogen) atoms. The van der Waals surface area contributed by atoms with Crippen LogP contribution in [0.1, 0.15) is 5.56 Å². The van der Waals surface area contributed by atoms with Gasteiger partial charge in [-0.25, -0.2) is 0 Å². The molecule has 0 aliphatic carbocycles. The van der Waals surface area contributed by atoms with Crippen LogP contribution in [0.4, 0.5) is 5.69 Å². The van der Waals surface area contributed by atoms with Gasteiger partial charge >= 0.3 is 0 Å². The predicted molar refractivity (Wildman–Crippen MR) is 96.8 cm³/mol. The van der Waals surface area contributed by atoms with Crippen LogP contribution in [0, 0.1) is 6.92 Å². The van der Waals surface area contributed by atoms with E-state index in [1.54, 1.807) is 0 Å². The average molecular weight is 281 g/mol. The molecule has 0 atom stereocenters. The Hall–Kier alpha value is -2.80. The Kier molecular flexibility index (Phi) is 2.09. The van der Waals surface area contributed by atoms with Crippen LogP contribution in [-0.2, 0) is 0 Å². The van der Waals surface area contributed by atoms with Crippen molar-refractivity contribution in [1.82, 2.24) is 0 Å². The molecule has 0 aromatic heterocycles. The number of rotatable bonds is 0. The first-order chi connectivity index (χ1) is 10.7. The molecule has 0 spiro atoms. The lowest BCUT2D eigenvalue weighted by Crippen LogP contribution is -1.91. The zero-order valence-electron chi connectivity index (χ0n) is 12.4. The van der Waals surface area contributed by atoms with E-state index in [2.05, 4.69) is 67.6 Å². The largest absolute Gasteiger partial charge is 0.399 e. The Morgan fingerprint density at radius 1 is 0.636 bits per heavy atom. The highest BCUT2D eigenvalue weighted by Gasteiger charge is 2.14. The second-order valence-corrected chi connectivity index (χ2v) is 6.13. The van der Waals surface area contributed by atoms with Crippen LogP contribution in [0.25, 0.3) is 43.1 Å². The number of aryl methyl sites for hydroxylation is 1. The van der Waals surface area contributed by atoms with Gasteiger partial charge in [-0.3, -0.25) is 0 Å². The van der Waals surface area contributed by atoms with Crippen molar-refractivity contribution in [3.05, 3.63) is 66.2 Å². The number of anilines is 1. The molecule has 0 bridgehead atoms. The topological polar surface area (TPSA) is 26.0 Å². The molecule has 1 heteroatoms. The molecule has 2 N–H and O–H groups in total. The minimum absolute atomic E-state index is 0.827. The minimum atomic E-state index is 0.827. The molecular weight excluding hydrogens is 266 g/mol. The third-order valence-corrected chi connectivity index (χ3v) is 4.81. The molecule has 0 unspecified atom stereocenters. The summed E-state index contributed by atoms with van der Waals surface area (Å²) in [5, 5.41) is 10.5. The normalized spacial score (nSPS) is 12.0. The maximum atomic E-state index is 6.15. The average Bonchev–Trinajstić information content (AvgIpc) is 2.52. The van der Waals surface area contributed by atoms with Crippen LogP contribution in [0.15, 0.2) is 60.7 Å². The first-order valence-corrected chi connectivity index (χ1v) is 7.59. The van der Waals surface area contributed by atoms with Crippen molar-refractivity contribution in [2.75, 3.05) is 5.73 Å². The van der Waals surface area contributed by atoms with E-state index in [9.17, 15) is 0 Å². The lowest BCUT2D eigenvalue weighted by atomic mass is 9.88. The van der Waals surface area contributed by atoms with Gasteiger partial charge < -0.3 is 5.73 Å². The van der Waals surface area contributed by atoms with Crippen molar-refractivity contribution in [2.45, 2.75) is 6.92 Å². The van der Waals surface area contributed by atoms with Crippen LogP contribution < -0.4 is 5.73 Å². The van der Waals surface area contributed by atoms with E-state index < -0.39 is 0 Å². The van der Waals surface area contributed by atoms with Crippen LogP contribution in [-0.4, -0.2) is 0 Å². The zero-order chi connectivity index (χ0) is 14.8. The summed E-state index contributed by atoms with van der Waals surface area (Å²) in [6.07, 6.45) is 0. The Labute approximate surface area is 128 Å². The first-order valence-electron chi connectivity index (χ1n) is 7.59. The van der Waals surface area contributed by atoms with Gasteiger partial charge in [-0.2, -0.15) is 0 Å². The van der Waals surface area contributed by atoms with Crippen molar-refractivity contribution < 1.29 is 0 Å². The Bertz CT molecular complexity index is 1180. The summed E-state index contributed by atoms with van der Waals surface area (Å²) in [4.78, 5) is 0. The van der Waals surface area contributed by atoms with Crippen LogP contribution >= 0.6 is 0 Å². The van der Waals surface area contributed by atoms with Crippen LogP contribution in [0.5, 0.6) is 0 Å². The molecule has 0 aliphatic heterocycles. The van der Waals surface area contributed by atoms with Crippen molar-refractivity contribution in [1.29, 1.82) is 0 Å². The van der Waals surface area contributed by atoms with Gasteiger partial charge in [-0.05, 0) is 67.7 Å². The molecule has 0 aliphatic rings. The molecule has 0 heterocycles. The summed E-state index contributed by atoms with van der Waals surface area (Å²) in [6.45, 7) is 2.20. The van der Waals surface area contributed by atoms with E-state index in [0.717, 1.165) is 5.69 Å². The molecular formula is C21H15N. The van der Waals surface area contributed by atoms with E-state index in [-0.39, 0.29) is 0 Å². The lowest BCUT2D eigenvalue weighted by Gasteiger charge is -2.16. The van der Waals surface area contributed by atoms with Crippen molar-refractivity contribution in [2.24, 2.45) is 0 Å². The molecule has 1 nitrogen and oxygen atoms in total. The summed E-state index contributed by atoms with van der Waals surface area (Å²) in [5.74, 6) is 0. The summed E-state index contributed by atoms with van der Waals surface area (Å²) in [5.41, 5.74) is 8.31. The number of hydrogen-bond donors (Lipinski definition) is 1. The number of benzene rings is 5. The molecule has 0 saturated carbocycles. The van der Waals surface area contributed by atoms with E-state index in [1.165, 1.54) is 48.7 Å². The Morgan fingerprint density at radius 3 is 2.27 bits per heavy atom. The minimum Gasteiger partial charge on any atom is -0.399 e. The highest BCUT2D eigenvalue weighted by molar-refractivity contribution is 6.33. The third-order valence-electron chi connectivity index (χ3n) is 4.81. The number of hydrogen-bond acceptors (Lipinski definition) is 1. The van der Waals surface area contributed by atoms with Gasteiger partial charge in [0.1, 0.15) is 0 Å². The second kappa shape index (κ2) is 3.89. The first kappa shape index (κ1) is 11.8. The summed E-state index contributed by atoms with van der Waals surface area (Å²) >= 11 is 0. The van der Waals surface area contributed by atoms with Gasteiger partial charge in [0.25, 0.3) is 0 Å². The predicted octanol–water partition coefficient (Wildman–Crippen LogP) is 5.63. The SMILES string of the molecule is Cc1ccc2cccc3c4cc(N)cc5cccc(c1c23)c54. The van der Waals surface area contributed by atoms with E-state index in [4.69, 9.17) is 5.73 Å². The van der Waals surface area contributed by atoms with Crippen molar-refractivity contribution in [3.63, 3.8) is 0 Å². The smallest absolute Gasteiger partial charge is 0.0326 e. The van der Waals surface area contributed by atoms with Gasteiger partial charge in [-0.1, -0.05) is 48.5 Å². The highest BCUT2D eigenvalue weighted by atomic mass is 14.5. The zero-order valence-corrected chi connectivity index (χ0v) is 12.4. The molecule has 104 valence electrons. The van der Waals surface area contributed by atoms with Crippen LogP contribution in [0.2, 0.25) is 0 Å². The standard InChI is InChI=1S/C21H15N/c1-12-8-9-13-4-2-6-16-18-11-15(22)10-14-5-3-7-17(20(14)18)19(12)21(13)16/h2-11H,22H2,1H3. The fourth-order valence-electron chi connectivity index (χ4n) is 3.93. The van der Waals surface area contributed by atoms with E-state index in [0.29, 0.717) is 0 Å². The fraction of sp³-hybridized carbons (Fsp3) is 0.0476. The molecule has 0 saturated heterocycles. The van der Waals surface area contributed by atoms with Crippen molar-refractivity contribution >= 4 is 48.8 Å². The van der Waals surface area contributed by atoms with E-state index in [1.807, 2.05) is 0 Å². The van der Waals surface area contributed by atoms with Gasteiger partial charge in [0, 0.05) is 5.69 Å². The van der Waals surface area contributed by atoms with Gasteiger partial charge in [0.15, 0.2) is 0 Å². The van der Waals surface area contributed by atoms with E-state index >= 15 is 0 Å². The summed E-state index contributed by atoms with van der Waals surface area (Å²) in [6, 6.07) is 21.7. The molecule has 5 rings (SSSR count). The molecule has 0 radical (unpaired) electrons. The summed E-state index contributed by atoms with van der Waals surface area (Å²) in [7, 11) is 0. The molecule has 5 aromatic rings. The van der Waals surface area contributed by atoms with Crippen molar-refractivity contribution in [3.8, 4) is 0 Å². The molecule has 5 aromatic carbocycles. The number of fused-ring (bicyclic) bond motifs is 2. The summed E-state index contributed by atoms with van der Waals surface area (Å²) < 4.78 is 0. The number of nitrogens with two attached hydrogens (primary N) is 1. The van der Waals surface area contributed by atoms with Crippen LogP contribution in [0.3, 0.4) is 0 Å². The third kappa shape index (κ3) is 1.33. The maximum Gasteiger partial charge on any atom is 0.0326 e. The fourth-order valence-corrected chi connectivity index (χ4v) is 3.93. The highest BCUT2D eigenvalue weighted by Crippen LogP contribution is 2.42. The molecule has 0 amide bonds. The quantitative estimate of drug-likeness (QED) is 0.222. The van der Waals surface area contributed by atoms with Gasteiger partial charge in [0.05, 0.1) is 0 Å². The Balaban J connectivity index is 2.30. The lowest BCUT2D eigenvalue weighted by molar-refractivity contribution is 1.56. The van der Waals surface area contributed by atoms with Gasteiger partial charge in [-0.15, -0.1) is 0 Å². The number of nitrogen functional groups attached to an aromatic ring is 1. The second-order valence-electron chi connectivity index (χ2n) is 6.13. The molecule has 0 fully saturated rings.